The molecule has 4 heteroatoms. The zero-order valence-electron chi connectivity index (χ0n) is 11.1. The van der Waals surface area contributed by atoms with Crippen LogP contribution in [0.5, 0.6) is 0 Å². The van der Waals surface area contributed by atoms with Crippen molar-refractivity contribution >= 4 is 11.7 Å². The highest BCUT2D eigenvalue weighted by molar-refractivity contribution is 6.06. The standard InChI is InChI=1S/C14H17NO3/c1-8-5-9(2)12(10(3)6-8)11-7-14(4,13(16)17)18-15-11/h5-6H,7H2,1-4H3,(H,16,17). The molecule has 18 heavy (non-hydrogen) atoms. The number of carboxylic acids is 1. The highest BCUT2D eigenvalue weighted by atomic mass is 16.7. The first-order valence-electron chi connectivity index (χ1n) is 5.90. The number of carbonyl (C=O) groups is 1. The van der Waals surface area contributed by atoms with E-state index in [-0.39, 0.29) is 0 Å². The van der Waals surface area contributed by atoms with E-state index in [1.165, 1.54) is 5.56 Å². The number of carboxylic acid groups (broad SMARTS) is 1. The fourth-order valence-electron chi connectivity index (χ4n) is 2.42. The number of benzene rings is 1. The molecule has 0 spiro atoms. The van der Waals surface area contributed by atoms with Crippen molar-refractivity contribution < 1.29 is 14.7 Å². The summed E-state index contributed by atoms with van der Waals surface area (Å²) in [5.41, 5.74) is 3.88. The Hall–Kier alpha value is -1.84. The Labute approximate surface area is 106 Å². The van der Waals surface area contributed by atoms with E-state index >= 15 is 0 Å². The highest BCUT2D eigenvalue weighted by Crippen LogP contribution is 2.29. The van der Waals surface area contributed by atoms with Gasteiger partial charge in [0, 0.05) is 12.0 Å². The fraction of sp³-hybridized carbons (Fsp3) is 0.429. The number of rotatable bonds is 2. The summed E-state index contributed by atoms with van der Waals surface area (Å²) < 4.78 is 0. The van der Waals surface area contributed by atoms with E-state index < -0.39 is 11.6 Å². The Kier molecular flexibility index (Phi) is 2.89. The molecule has 0 aromatic heterocycles. The van der Waals surface area contributed by atoms with Gasteiger partial charge in [-0.05, 0) is 38.8 Å². The summed E-state index contributed by atoms with van der Waals surface area (Å²) in [4.78, 5) is 16.2. The van der Waals surface area contributed by atoms with Gasteiger partial charge in [0.2, 0.25) is 5.60 Å². The third-order valence-corrected chi connectivity index (χ3v) is 3.28. The zero-order valence-corrected chi connectivity index (χ0v) is 11.1. The van der Waals surface area contributed by atoms with Crippen molar-refractivity contribution in [1.82, 2.24) is 0 Å². The average Bonchev–Trinajstić information content (AvgIpc) is 2.60. The molecule has 0 aliphatic carbocycles. The lowest BCUT2D eigenvalue weighted by molar-refractivity contribution is -0.160. The zero-order chi connectivity index (χ0) is 13.5. The maximum Gasteiger partial charge on any atom is 0.351 e. The molecule has 0 bridgehead atoms. The molecule has 1 aliphatic heterocycles. The molecule has 2 rings (SSSR count). The van der Waals surface area contributed by atoms with Gasteiger partial charge in [0.1, 0.15) is 0 Å². The van der Waals surface area contributed by atoms with Crippen LogP contribution in [0.4, 0.5) is 0 Å². The summed E-state index contributed by atoms with van der Waals surface area (Å²) >= 11 is 0. The SMILES string of the molecule is Cc1cc(C)c(C2=NOC(C)(C(=O)O)C2)c(C)c1. The average molecular weight is 247 g/mol. The summed E-state index contributed by atoms with van der Waals surface area (Å²) in [5.74, 6) is -0.983. The number of aryl methyl sites for hydroxylation is 3. The summed E-state index contributed by atoms with van der Waals surface area (Å²) in [6.07, 6.45) is 0.299. The maximum absolute atomic E-state index is 11.1. The number of nitrogens with zero attached hydrogens (tertiary/aromatic N) is 1. The van der Waals surface area contributed by atoms with Crippen molar-refractivity contribution in [3.8, 4) is 0 Å². The first-order valence-corrected chi connectivity index (χ1v) is 5.90. The predicted octanol–water partition coefficient (Wildman–Crippen LogP) is 2.58. The Morgan fingerprint density at radius 2 is 1.89 bits per heavy atom. The molecule has 0 radical (unpaired) electrons. The molecular formula is C14H17NO3. The van der Waals surface area contributed by atoms with E-state index in [9.17, 15) is 4.79 Å². The van der Waals surface area contributed by atoms with Crippen LogP contribution >= 0.6 is 0 Å². The minimum Gasteiger partial charge on any atom is -0.478 e. The van der Waals surface area contributed by atoms with Crippen LogP contribution in [0.25, 0.3) is 0 Å². The number of hydrogen-bond acceptors (Lipinski definition) is 3. The fourth-order valence-corrected chi connectivity index (χ4v) is 2.42. The van der Waals surface area contributed by atoms with Crippen LogP contribution in [-0.4, -0.2) is 22.4 Å². The first kappa shape index (κ1) is 12.6. The molecule has 0 amide bonds. The van der Waals surface area contributed by atoms with E-state index in [2.05, 4.69) is 17.3 Å². The topological polar surface area (TPSA) is 58.9 Å². The molecule has 1 aromatic carbocycles. The molecule has 1 aromatic rings. The molecule has 0 saturated carbocycles. The molecule has 4 nitrogen and oxygen atoms in total. The predicted molar refractivity (Wildman–Crippen MR) is 68.9 cm³/mol. The van der Waals surface area contributed by atoms with Crippen molar-refractivity contribution in [2.75, 3.05) is 0 Å². The van der Waals surface area contributed by atoms with Gasteiger partial charge in [-0.3, -0.25) is 0 Å². The largest absolute Gasteiger partial charge is 0.478 e. The van der Waals surface area contributed by atoms with E-state index in [1.807, 2.05) is 20.8 Å². The Morgan fingerprint density at radius 1 is 1.33 bits per heavy atom. The second-order valence-electron chi connectivity index (χ2n) is 5.12. The summed E-state index contributed by atoms with van der Waals surface area (Å²) in [7, 11) is 0. The second-order valence-corrected chi connectivity index (χ2v) is 5.12. The van der Waals surface area contributed by atoms with Crippen LogP contribution in [0.2, 0.25) is 0 Å². The maximum atomic E-state index is 11.1. The smallest absolute Gasteiger partial charge is 0.351 e. The van der Waals surface area contributed by atoms with Gasteiger partial charge in [0.15, 0.2) is 0 Å². The Balaban J connectivity index is 2.39. The minimum atomic E-state index is -1.24. The number of oxime groups is 1. The second kappa shape index (κ2) is 4.12. The summed E-state index contributed by atoms with van der Waals surface area (Å²) in [6.45, 7) is 7.60. The Bertz CT molecular complexity index is 525. The van der Waals surface area contributed by atoms with Gasteiger partial charge in [-0.2, -0.15) is 0 Å². The van der Waals surface area contributed by atoms with Crippen molar-refractivity contribution in [3.05, 3.63) is 34.4 Å². The third-order valence-electron chi connectivity index (χ3n) is 3.28. The normalized spacial score (nSPS) is 22.6. The number of hydrogen-bond donors (Lipinski definition) is 1. The van der Waals surface area contributed by atoms with E-state index in [1.54, 1.807) is 6.92 Å². The van der Waals surface area contributed by atoms with Crippen molar-refractivity contribution in [2.24, 2.45) is 5.16 Å². The van der Waals surface area contributed by atoms with Crippen molar-refractivity contribution in [3.63, 3.8) is 0 Å². The van der Waals surface area contributed by atoms with Gasteiger partial charge in [-0.1, -0.05) is 22.9 Å². The lowest BCUT2D eigenvalue weighted by Crippen LogP contribution is -2.35. The molecule has 1 aliphatic rings. The van der Waals surface area contributed by atoms with Gasteiger partial charge in [-0.25, -0.2) is 4.79 Å². The van der Waals surface area contributed by atoms with E-state index in [0.717, 1.165) is 22.4 Å². The molecule has 1 atom stereocenters. The molecule has 0 saturated heterocycles. The van der Waals surface area contributed by atoms with Crippen LogP contribution in [0.15, 0.2) is 17.3 Å². The lowest BCUT2D eigenvalue weighted by Gasteiger charge is -2.15. The van der Waals surface area contributed by atoms with Crippen molar-refractivity contribution in [1.29, 1.82) is 0 Å². The van der Waals surface area contributed by atoms with Crippen LogP contribution < -0.4 is 0 Å². The molecule has 1 heterocycles. The van der Waals surface area contributed by atoms with Crippen LogP contribution in [0.1, 0.15) is 35.6 Å². The monoisotopic (exact) mass is 247 g/mol. The lowest BCUT2D eigenvalue weighted by atomic mass is 9.90. The molecule has 0 fully saturated rings. The molecule has 1 unspecified atom stereocenters. The van der Waals surface area contributed by atoms with Gasteiger partial charge in [-0.15, -0.1) is 0 Å². The van der Waals surface area contributed by atoms with Gasteiger partial charge in [0.25, 0.3) is 0 Å². The summed E-state index contributed by atoms with van der Waals surface area (Å²) in [5, 5.41) is 13.1. The summed E-state index contributed by atoms with van der Waals surface area (Å²) in [6, 6.07) is 4.14. The quantitative estimate of drug-likeness (QED) is 0.873. The minimum absolute atomic E-state index is 0.299. The van der Waals surface area contributed by atoms with Crippen LogP contribution in [0.3, 0.4) is 0 Å². The highest BCUT2D eigenvalue weighted by Gasteiger charge is 2.42. The van der Waals surface area contributed by atoms with E-state index in [0.29, 0.717) is 6.42 Å². The molecule has 1 N–H and O–H groups in total. The molecular weight excluding hydrogens is 230 g/mol. The van der Waals surface area contributed by atoms with Crippen molar-refractivity contribution in [2.45, 2.75) is 39.7 Å². The molecule has 96 valence electrons. The van der Waals surface area contributed by atoms with E-state index in [4.69, 9.17) is 9.94 Å². The van der Waals surface area contributed by atoms with Crippen LogP contribution in [0, 0.1) is 20.8 Å². The first-order chi connectivity index (χ1) is 8.33. The van der Waals surface area contributed by atoms with Gasteiger partial charge >= 0.3 is 5.97 Å². The number of aliphatic carboxylic acids is 1. The third kappa shape index (κ3) is 1.98. The van der Waals surface area contributed by atoms with Gasteiger partial charge < -0.3 is 9.94 Å². The van der Waals surface area contributed by atoms with Gasteiger partial charge in [0.05, 0.1) is 5.71 Å². The van der Waals surface area contributed by atoms with Crippen LogP contribution in [-0.2, 0) is 9.63 Å². The Morgan fingerprint density at radius 3 is 2.33 bits per heavy atom.